The van der Waals surface area contributed by atoms with Crippen LogP contribution in [0.5, 0.6) is 0 Å². The van der Waals surface area contributed by atoms with E-state index in [4.69, 9.17) is 15.3 Å². The van der Waals surface area contributed by atoms with Crippen molar-refractivity contribution in [3.05, 3.63) is 29.3 Å². The van der Waals surface area contributed by atoms with Gasteiger partial charge in [0.25, 0.3) is 0 Å². The summed E-state index contributed by atoms with van der Waals surface area (Å²) in [5.41, 5.74) is -0.936. The van der Waals surface area contributed by atoms with Gasteiger partial charge >= 0.3 is 17.9 Å². The molecule has 1 heterocycles. The largest absolute Gasteiger partial charge is 0.480 e. The summed E-state index contributed by atoms with van der Waals surface area (Å²) < 4.78 is 0. The van der Waals surface area contributed by atoms with E-state index < -0.39 is 40.2 Å². The van der Waals surface area contributed by atoms with Crippen molar-refractivity contribution >= 4 is 47.2 Å². The molecule has 25 heavy (non-hydrogen) atoms. The number of benzene rings is 1. The first kappa shape index (κ1) is 18.5. The minimum Gasteiger partial charge on any atom is -0.480 e. The van der Waals surface area contributed by atoms with E-state index in [1.165, 1.54) is 6.92 Å². The van der Waals surface area contributed by atoms with Crippen LogP contribution in [0.3, 0.4) is 0 Å². The fraction of sp³-hybridized carbons (Fsp3) is 0.267. The Labute approximate surface area is 145 Å². The van der Waals surface area contributed by atoms with Gasteiger partial charge in [-0.1, -0.05) is 0 Å². The number of amides is 2. The van der Waals surface area contributed by atoms with Crippen molar-refractivity contribution in [1.29, 1.82) is 0 Å². The maximum absolute atomic E-state index is 12.4. The van der Waals surface area contributed by atoms with Crippen LogP contribution in [0.15, 0.2) is 18.2 Å². The molecule has 0 spiro atoms. The second-order valence-electron chi connectivity index (χ2n) is 5.26. The van der Waals surface area contributed by atoms with Crippen LogP contribution in [0.2, 0.25) is 0 Å². The Kier molecular flexibility index (Phi) is 5.12. The fourth-order valence-corrected chi connectivity index (χ4v) is 3.34. The predicted octanol–water partition coefficient (Wildman–Crippen LogP) is 0.921. The van der Waals surface area contributed by atoms with E-state index in [-0.39, 0.29) is 23.2 Å². The summed E-state index contributed by atoms with van der Waals surface area (Å²) in [5, 5.41) is 25.2. The molecule has 0 bridgehead atoms. The average Bonchev–Trinajstić information content (AvgIpc) is 2.80. The number of carboxylic acid groups (broad SMARTS) is 3. The van der Waals surface area contributed by atoms with Crippen molar-refractivity contribution in [2.45, 2.75) is 23.8 Å². The Hall–Kier alpha value is -2.88. The van der Waals surface area contributed by atoms with Gasteiger partial charge in [-0.05, 0) is 25.1 Å². The molecule has 1 aromatic rings. The molecule has 1 saturated heterocycles. The van der Waals surface area contributed by atoms with E-state index in [1.807, 2.05) is 0 Å². The average molecular weight is 367 g/mol. The van der Waals surface area contributed by atoms with Crippen molar-refractivity contribution in [2.24, 2.45) is 0 Å². The summed E-state index contributed by atoms with van der Waals surface area (Å²) in [6, 6.07) is 2.97. The molecule has 0 saturated carbocycles. The highest BCUT2D eigenvalue weighted by atomic mass is 32.2. The SMILES string of the molecule is CC(SC1CC(=O)N(c2cc(C(=O)O)cc(C(=O)O)c2)C1=O)C(=O)O. The minimum absolute atomic E-state index is 0.168. The molecule has 2 atom stereocenters. The molecule has 0 aromatic heterocycles. The Morgan fingerprint density at radius 1 is 1.08 bits per heavy atom. The molecule has 2 unspecified atom stereocenters. The number of carboxylic acids is 3. The zero-order valence-electron chi connectivity index (χ0n) is 12.8. The van der Waals surface area contributed by atoms with Crippen molar-refractivity contribution in [2.75, 3.05) is 4.90 Å². The lowest BCUT2D eigenvalue weighted by atomic mass is 10.1. The molecular formula is C15H13NO8S. The maximum Gasteiger partial charge on any atom is 0.335 e. The van der Waals surface area contributed by atoms with Crippen molar-refractivity contribution in [1.82, 2.24) is 0 Å². The van der Waals surface area contributed by atoms with Crippen LogP contribution < -0.4 is 4.90 Å². The molecule has 0 aliphatic carbocycles. The number of carbonyl (C=O) groups is 5. The van der Waals surface area contributed by atoms with Crippen LogP contribution in [-0.2, 0) is 14.4 Å². The highest BCUT2D eigenvalue weighted by Crippen LogP contribution is 2.32. The van der Waals surface area contributed by atoms with E-state index in [1.54, 1.807) is 0 Å². The Morgan fingerprint density at radius 3 is 2.04 bits per heavy atom. The van der Waals surface area contributed by atoms with Gasteiger partial charge < -0.3 is 15.3 Å². The number of aliphatic carboxylic acids is 1. The number of thioether (sulfide) groups is 1. The summed E-state index contributed by atoms with van der Waals surface area (Å²) in [5.74, 6) is -5.31. The van der Waals surface area contributed by atoms with E-state index >= 15 is 0 Å². The Balaban J connectivity index is 2.39. The van der Waals surface area contributed by atoms with Gasteiger partial charge in [-0.15, -0.1) is 11.8 Å². The smallest absolute Gasteiger partial charge is 0.335 e. The van der Waals surface area contributed by atoms with Crippen molar-refractivity contribution in [3.63, 3.8) is 0 Å². The van der Waals surface area contributed by atoms with Crippen molar-refractivity contribution < 1.29 is 39.3 Å². The monoisotopic (exact) mass is 367 g/mol. The van der Waals surface area contributed by atoms with Gasteiger partial charge in [0.2, 0.25) is 11.8 Å². The molecule has 1 aromatic carbocycles. The molecule has 2 rings (SSSR count). The topological polar surface area (TPSA) is 149 Å². The summed E-state index contributed by atoms with van der Waals surface area (Å²) in [6.45, 7) is 1.38. The Morgan fingerprint density at radius 2 is 1.60 bits per heavy atom. The number of nitrogens with zero attached hydrogens (tertiary/aromatic N) is 1. The van der Waals surface area contributed by atoms with Crippen LogP contribution in [-0.4, -0.2) is 55.5 Å². The second kappa shape index (κ2) is 6.93. The lowest BCUT2D eigenvalue weighted by Crippen LogP contribution is -2.32. The minimum atomic E-state index is -1.41. The van der Waals surface area contributed by atoms with Crippen LogP contribution in [0.25, 0.3) is 0 Å². The van der Waals surface area contributed by atoms with Gasteiger partial charge in [-0.25, -0.2) is 14.5 Å². The molecular weight excluding hydrogens is 354 g/mol. The quantitative estimate of drug-likeness (QED) is 0.624. The number of rotatable bonds is 6. The van der Waals surface area contributed by atoms with Crippen LogP contribution in [0.1, 0.15) is 34.1 Å². The molecule has 132 valence electrons. The summed E-state index contributed by atoms with van der Waals surface area (Å²) >= 11 is 0.802. The van der Waals surface area contributed by atoms with Gasteiger partial charge in [0, 0.05) is 6.42 Å². The molecule has 0 radical (unpaired) electrons. The highest BCUT2D eigenvalue weighted by Gasteiger charge is 2.41. The van der Waals surface area contributed by atoms with Crippen molar-refractivity contribution in [3.8, 4) is 0 Å². The molecule has 3 N–H and O–H groups in total. The van der Waals surface area contributed by atoms with Crippen LogP contribution >= 0.6 is 11.8 Å². The van der Waals surface area contributed by atoms with Gasteiger partial charge in [0.05, 0.1) is 22.1 Å². The fourth-order valence-electron chi connectivity index (χ4n) is 2.27. The van der Waals surface area contributed by atoms with Crippen LogP contribution in [0, 0.1) is 0 Å². The summed E-state index contributed by atoms with van der Waals surface area (Å²) in [6.07, 6.45) is -0.249. The zero-order valence-corrected chi connectivity index (χ0v) is 13.6. The van der Waals surface area contributed by atoms with Gasteiger partial charge in [-0.3, -0.25) is 14.4 Å². The molecule has 1 aliphatic heterocycles. The summed E-state index contributed by atoms with van der Waals surface area (Å²) in [7, 11) is 0. The predicted molar refractivity (Wildman–Crippen MR) is 85.9 cm³/mol. The second-order valence-corrected chi connectivity index (χ2v) is 6.80. The lowest BCUT2D eigenvalue weighted by Gasteiger charge is -2.17. The third-order valence-corrected chi connectivity index (χ3v) is 4.80. The first-order chi connectivity index (χ1) is 11.6. The molecule has 9 nitrogen and oxygen atoms in total. The molecule has 10 heteroatoms. The highest BCUT2D eigenvalue weighted by molar-refractivity contribution is 8.01. The van der Waals surface area contributed by atoms with E-state index in [0.717, 1.165) is 30.0 Å². The molecule has 2 amide bonds. The number of imide groups is 1. The lowest BCUT2D eigenvalue weighted by molar-refractivity contribution is -0.136. The molecule has 1 aliphatic rings. The maximum atomic E-state index is 12.4. The first-order valence-corrected chi connectivity index (χ1v) is 7.93. The number of hydrogen-bond donors (Lipinski definition) is 3. The van der Waals surface area contributed by atoms with E-state index in [2.05, 4.69) is 0 Å². The Bertz CT molecular complexity index is 757. The van der Waals surface area contributed by atoms with Gasteiger partial charge in [0.15, 0.2) is 0 Å². The number of carbonyl (C=O) groups excluding carboxylic acids is 2. The summed E-state index contributed by atoms with van der Waals surface area (Å²) in [4.78, 5) is 58.5. The number of hydrogen-bond acceptors (Lipinski definition) is 6. The third kappa shape index (κ3) is 3.79. The van der Waals surface area contributed by atoms with Gasteiger partial charge in [0.1, 0.15) is 5.25 Å². The standard InChI is InChI=1S/C15H13NO8S/c1-6(13(19)20)25-10-5-11(17)16(12(10)18)9-3-7(14(21)22)2-8(4-9)15(23)24/h2-4,6,10H,5H2,1H3,(H,19,20)(H,21,22)(H,23,24). The van der Waals surface area contributed by atoms with Crippen LogP contribution in [0.4, 0.5) is 5.69 Å². The van der Waals surface area contributed by atoms with Gasteiger partial charge in [-0.2, -0.15) is 0 Å². The number of aromatic carboxylic acids is 2. The first-order valence-electron chi connectivity index (χ1n) is 6.98. The number of anilines is 1. The zero-order chi connectivity index (χ0) is 18.9. The molecule has 1 fully saturated rings. The van der Waals surface area contributed by atoms with E-state index in [9.17, 15) is 24.0 Å². The third-order valence-electron chi connectivity index (χ3n) is 3.49. The normalized spacial score (nSPS) is 18.3. The van der Waals surface area contributed by atoms with E-state index in [0.29, 0.717) is 4.90 Å².